The van der Waals surface area contributed by atoms with Gasteiger partial charge >= 0.3 is 0 Å². The van der Waals surface area contributed by atoms with Gasteiger partial charge < -0.3 is 19.5 Å². The largest absolute Gasteiger partial charge is 0.493 e. The average molecular weight is 311 g/mol. The summed E-state index contributed by atoms with van der Waals surface area (Å²) in [6, 6.07) is -4.19. The number of aliphatic hydroxyl groups is 1. The second-order valence-electron chi connectivity index (χ2n) is 5.92. The summed E-state index contributed by atoms with van der Waals surface area (Å²) in [6.45, 7) is -3.26. The van der Waals surface area contributed by atoms with Crippen molar-refractivity contribution in [1.82, 2.24) is 4.90 Å². The molecule has 5 rings (SSSR count). The van der Waals surface area contributed by atoms with Crippen LogP contribution >= 0.6 is 0 Å². The van der Waals surface area contributed by atoms with Crippen LogP contribution in [0.1, 0.15) is 34.0 Å². The van der Waals surface area contributed by atoms with Crippen LogP contribution in [-0.4, -0.2) is 48.8 Å². The highest BCUT2D eigenvalue weighted by Gasteiger charge is 2.64. The van der Waals surface area contributed by atoms with Gasteiger partial charge in [-0.1, -0.05) is 18.2 Å². The predicted molar refractivity (Wildman–Crippen MR) is 82.5 cm³/mol. The Kier molecular flexibility index (Phi) is 1.08. The first kappa shape index (κ1) is 5.84. The number of nitrogens with zero attached hydrogens (tertiary/aromatic N) is 1. The third-order valence-corrected chi connectivity index (χ3v) is 5.04. The van der Waals surface area contributed by atoms with Crippen molar-refractivity contribution in [3.63, 3.8) is 0 Å². The lowest BCUT2D eigenvalue weighted by Gasteiger charge is -2.56. The maximum Gasteiger partial charge on any atom is 0.165 e. The molecule has 5 atom stereocenters. The third-order valence-electron chi connectivity index (χ3n) is 5.04. The normalized spacial score (nSPS) is 59.1. The number of ether oxygens (including phenoxy) is 2. The monoisotopic (exact) mass is 311 g/mol. The predicted octanol–water partition coefficient (Wildman–Crippen LogP) is 1.50. The maximum absolute atomic E-state index is 10.8. The van der Waals surface area contributed by atoms with E-state index in [1.54, 1.807) is 0 Å². The Hall–Kier alpha value is -1.52. The zero-order valence-corrected chi connectivity index (χ0v) is 11.4. The number of hydrogen-bond donors (Lipinski definition) is 1. The van der Waals surface area contributed by atoms with E-state index in [-0.39, 0.29) is 18.5 Å². The Morgan fingerprint density at radius 3 is 3.41 bits per heavy atom. The van der Waals surface area contributed by atoms with E-state index in [0.29, 0.717) is 0 Å². The first-order chi connectivity index (χ1) is 15.4. The van der Waals surface area contributed by atoms with E-state index in [4.69, 9.17) is 24.6 Å². The Balaban J connectivity index is 1.95. The fourth-order valence-corrected chi connectivity index (χ4v) is 4.16. The molecule has 1 fully saturated rings. The van der Waals surface area contributed by atoms with Crippen LogP contribution < -0.4 is 9.47 Å². The minimum Gasteiger partial charge on any atom is -0.493 e. The fourth-order valence-electron chi connectivity index (χ4n) is 4.16. The van der Waals surface area contributed by atoms with Crippen molar-refractivity contribution < 1.29 is 31.0 Å². The molecule has 2 unspecified atom stereocenters. The molecule has 116 valence electrons. The molecule has 0 aromatic heterocycles. The Bertz CT molecular complexity index is 1130. The van der Waals surface area contributed by atoms with Crippen molar-refractivity contribution in [2.75, 3.05) is 20.6 Å². The molecule has 0 saturated carbocycles. The number of aliphatic hydroxyl groups excluding tert-OH is 1. The van der Waals surface area contributed by atoms with Crippen molar-refractivity contribution in [2.24, 2.45) is 5.92 Å². The average Bonchev–Trinajstić information content (AvgIpc) is 2.93. The summed E-state index contributed by atoms with van der Waals surface area (Å²) in [7, 11) is -3.06. The molecule has 0 radical (unpaired) electrons. The summed E-state index contributed by atoms with van der Waals surface area (Å²) in [6.07, 6.45) is -4.50. The van der Waals surface area contributed by atoms with Gasteiger partial charge in [0.1, 0.15) is 12.2 Å². The van der Waals surface area contributed by atoms with E-state index in [1.165, 1.54) is 6.08 Å². The molecule has 22 heavy (non-hydrogen) atoms. The molecule has 0 amide bonds. The summed E-state index contributed by atoms with van der Waals surface area (Å²) in [5.41, 5.74) is -2.34. The van der Waals surface area contributed by atoms with Gasteiger partial charge in [-0.05, 0) is 37.9 Å². The minimum absolute atomic E-state index is 0.116. The minimum atomic E-state index is -3.06. The summed E-state index contributed by atoms with van der Waals surface area (Å²) in [5, 5.41) is 10.8. The second-order valence-corrected chi connectivity index (χ2v) is 5.92. The molecule has 1 aromatic rings. The first-order valence-corrected chi connectivity index (χ1v) is 7.06. The Morgan fingerprint density at radius 2 is 2.55 bits per heavy atom. The van der Waals surface area contributed by atoms with Crippen molar-refractivity contribution >= 4 is 0 Å². The summed E-state index contributed by atoms with van der Waals surface area (Å²) in [4.78, 5) is 0.717. The topological polar surface area (TPSA) is 41.9 Å². The summed E-state index contributed by atoms with van der Waals surface area (Å²) < 4.78 is 110. The molecule has 1 spiro atoms. The van der Waals surface area contributed by atoms with Gasteiger partial charge in [-0.2, -0.15) is 0 Å². The zero-order chi connectivity index (χ0) is 25.4. The molecule has 1 N–H and O–H groups in total. The van der Waals surface area contributed by atoms with Crippen LogP contribution in [0.3, 0.4) is 0 Å². The van der Waals surface area contributed by atoms with Crippen LogP contribution in [0.5, 0.6) is 11.5 Å². The SMILES string of the molecule is [2H]c1c([2H])c2c3c(c1OC([2H])([2H])[2H])OC1([2H])C(O)C=C[C@@H]4[C@@]31CCN(C([2H])([2H])[2H])[C@]4([2H])C2([2H])[2H]. The smallest absolute Gasteiger partial charge is 0.165 e. The lowest BCUT2D eigenvalue weighted by Crippen LogP contribution is -2.64. The van der Waals surface area contributed by atoms with Gasteiger partial charge in [0.15, 0.2) is 11.5 Å². The van der Waals surface area contributed by atoms with Crippen LogP contribution in [0.15, 0.2) is 24.2 Å². The van der Waals surface area contributed by atoms with E-state index in [9.17, 15) is 6.48 Å². The molecule has 1 aromatic carbocycles. The highest BCUT2D eigenvalue weighted by atomic mass is 16.5. The highest BCUT2D eigenvalue weighted by molar-refractivity contribution is 5.62. The van der Waals surface area contributed by atoms with E-state index in [2.05, 4.69) is 0 Å². The van der Waals surface area contributed by atoms with Gasteiger partial charge in [-0.15, -0.1) is 0 Å². The maximum atomic E-state index is 10.8. The molecular formula is C18H21NO3. The number of hydrogen-bond acceptors (Lipinski definition) is 4. The molecule has 2 bridgehead atoms. The van der Waals surface area contributed by atoms with Crippen molar-refractivity contribution in [3.8, 4) is 11.5 Å². The summed E-state index contributed by atoms with van der Waals surface area (Å²) in [5.74, 6) is -2.45. The van der Waals surface area contributed by atoms with E-state index >= 15 is 0 Å². The molecular weight excluding hydrogens is 278 g/mol. The summed E-state index contributed by atoms with van der Waals surface area (Å²) >= 11 is 0. The van der Waals surface area contributed by atoms with Gasteiger partial charge in [-0.3, -0.25) is 0 Å². The number of benzene rings is 1. The van der Waals surface area contributed by atoms with Gasteiger partial charge in [0.05, 0.1) is 15.3 Å². The third kappa shape index (κ3) is 1.28. The van der Waals surface area contributed by atoms with E-state index in [1.807, 2.05) is 0 Å². The number of likely N-dealkylation sites (N-methyl/N-ethyl adjacent to an activating group) is 1. The highest BCUT2D eigenvalue weighted by Crippen LogP contribution is 2.62. The van der Waals surface area contributed by atoms with Crippen molar-refractivity contribution in [3.05, 3.63) is 35.4 Å². The number of likely N-dealkylation sites (tertiary alicyclic amines) is 1. The number of rotatable bonds is 1. The van der Waals surface area contributed by atoms with Crippen LogP contribution in [0.2, 0.25) is 0 Å². The Morgan fingerprint density at radius 1 is 1.59 bits per heavy atom. The lowest BCUT2D eigenvalue weighted by molar-refractivity contribution is -0.0453. The molecule has 2 aliphatic heterocycles. The van der Waals surface area contributed by atoms with Crippen molar-refractivity contribution in [2.45, 2.75) is 36.4 Å². The van der Waals surface area contributed by atoms with E-state index < -0.39 is 79.1 Å². The molecule has 2 aliphatic carbocycles. The molecule has 4 aliphatic rings. The molecule has 4 nitrogen and oxygen atoms in total. The standard InChI is InChI=1S/C18H21NO3/c1-19-8-7-18-11-4-5-13(20)17(18)22-16-14(21-2)6-3-10(15(16)18)9-12(11)19/h3-6,11-13,17,20H,7-9H2,1-2H3/t11-,12+,13?,17?,18-/m0/s1/i1D3,2D3,3D,6D,9D2,12D,17D. The molecule has 4 heteroatoms. The quantitative estimate of drug-likeness (QED) is 0.798. The second kappa shape index (κ2) is 4.06. The lowest BCUT2D eigenvalue weighted by atomic mass is 9.53. The van der Waals surface area contributed by atoms with Crippen LogP contribution in [-0.2, 0) is 11.8 Å². The van der Waals surface area contributed by atoms with Crippen LogP contribution in [0.25, 0.3) is 0 Å². The fraction of sp³-hybridized carbons (Fsp3) is 0.556. The van der Waals surface area contributed by atoms with Crippen LogP contribution in [0.4, 0.5) is 0 Å². The van der Waals surface area contributed by atoms with E-state index in [0.717, 1.165) is 11.0 Å². The van der Waals surface area contributed by atoms with Gasteiger partial charge in [0.2, 0.25) is 0 Å². The zero-order valence-electron chi connectivity index (χ0n) is 23.4. The number of methoxy groups -OCH3 is 1. The first-order valence-electron chi connectivity index (χ1n) is 13.1. The molecule has 2 heterocycles. The number of piperidine rings is 1. The van der Waals surface area contributed by atoms with Crippen molar-refractivity contribution in [1.29, 1.82) is 0 Å². The van der Waals surface area contributed by atoms with Crippen LogP contribution in [0, 0.1) is 5.92 Å². The molecule has 1 saturated heterocycles. The van der Waals surface area contributed by atoms with Gasteiger partial charge in [-0.25, -0.2) is 0 Å². The Labute approximate surface area is 147 Å². The van der Waals surface area contributed by atoms with Gasteiger partial charge in [0.25, 0.3) is 0 Å². The van der Waals surface area contributed by atoms with Gasteiger partial charge in [0, 0.05) is 31.1 Å².